The molecule has 1 fully saturated rings. The van der Waals surface area contributed by atoms with Crippen LogP contribution in [0, 0.1) is 17.8 Å². The molecule has 3 rings (SSSR count). The minimum Gasteiger partial charge on any atom is -0.444 e. The van der Waals surface area contributed by atoms with Crippen LogP contribution in [0.15, 0.2) is 12.1 Å². The zero-order valence-electron chi connectivity index (χ0n) is 16.5. The summed E-state index contributed by atoms with van der Waals surface area (Å²) >= 11 is 0.996. The zero-order valence-corrected chi connectivity index (χ0v) is 17.3. The van der Waals surface area contributed by atoms with Crippen LogP contribution in [0.2, 0.25) is 0 Å². The minimum absolute atomic E-state index is 0.115. The smallest absolute Gasteiger partial charge is 0.444 e. The summed E-state index contributed by atoms with van der Waals surface area (Å²) in [7, 11) is -0.694. The number of hydrogen-bond acceptors (Lipinski definition) is 5. The van der Waals surface area contributed by atoms with Crippen molar-refractivity contribution in [2.75, 3.05) is 18.5 Å². The second kappa shape index (κ2) is 7.35. The van der Waals surface area contributed by atoms with Crippen molar-refractivity contribution < 1.29 is 23.2 Å². The van der Waals surface area contributed by atoms with E-state index >= 15 is 0 Å². The van der Waals surface area contributed by atoms with E-state index in [2.05, 4.69) is 10.2 Å². The first-order valence-electron chi connectivity index (χ1n) is 8.86. The Bertz CT molecular complexity index is 951. The van der Waals surface area contributed by atoms with Crippen LogP contribution in [-0.4, -0.2) is 32.0 Å². The summed E-state index contributed by atoms with van der Waals surface area (Å²) in [6, 6.07) is 2.89. The van der Waals surface area contributed by atoms with Gasteiger partial charge in [-0.05, 0) is 32.3 Å². The van der Waals surface area contributed by atoms with E-state index in [1.54, 1.807) is 26.8 Å². The fourth-order valence-electron chi connectivity index (χ4n) is 2.84. The number of benzene rings is 1. The molecule has 1 amide bonds. The average molecular weight is 404 g/mol. The maximum absolute atomic E-state index is 14.5. The van der Waals surface area contributed by atoms with Crippen LogP contribution in [0.25, 0.3) is 14.9 Å². The van der Waals surface area contributed by atoms with Gasteiger partial charge < -0.3 is 14.0 Å². The summed E-state index contributed by atoms with van der Waals surface area (Å²) < 4.78 is 31.7. The molecule has 1 aromatic carbocycles. The number of fused-ring (bicyclic) bond motifs is 1. The van der Waals surface area contributed by atoms with Crippen molar-refractivity contribution in [2.24, 2.45) is 5.41 Å². The van der Waals surface area contributed by atoms with Crippen molar-refractivity contribution in [2.45, 2.75) is 40.2 Å². The molecule has 0 atom stereocenters. The molecule has 0 saturated carbocycles. The molecule has 1 saturated heterocycles. The molecule has 0 spiro atoms. The molecule has 0 bridgehead atoms. The van der Waals surface area contributed by atoms with E-state index in [0.29, 0.717) is 24.1 Å². The number of ether oxygens (including phenoxy) is 1. The largest absolute Gasteiger partial charge is 0.493 e. The van der Waals surface area contributed by atoms with Gasteiger partial charge in [0.2, 0.25) is 5.69 Å². The molecule has 9 heteroatoms. The number of carbonyl (C=O) groups is 1. The van der Waals surface area contributed by atoms with Crippen molar-refractivity contribution in [3.05, 3.63) is 29.4 Å². The Kier molecular flexibility index (Phi) is 5.41. The number of thiophene rings is 1. The summed E-state index contributed by atoms with van der Waals surface area (Å²) in [6.07, 6.45) is -0.696. The zero-order chi connectivity index (χ0) is 20.7. The predicted octanol–water partition coefficient (Wildman–Crippen LogP) is 4.71. The number of carbonyl (C=O) groups excluding carboxylic acids is 1. The van der Waals surface area contributed by atoms with E-state index in [1.807, 2.05) is 13.8 Å². The highest BCUT2D eigenvalue weighted by Crippen LogP contribution is 2.43. The van der Waals surface area contributed by atoms with Crippen molar-refractivity contribution in [3.8, 4) is 0 Å². The molecule has 0 aliphatic carbocycles. The molecule has 148 valence electrons. The lowest BCUT2D eigenvalue weighted by Crippen LogP contribution is -2.47. The highest BCUT2D eigenvalue weighted by molar-refractivity contribution is 7.24. The topological polar surface area (TPSA) is 61.2 Å². The van der Waals surface area contributed by atoms with Crippen LogP contribution in [-0.2, 0) is 14.0 Å². The third-order valence-corrected chi connectivity index (χ3v) is 5.13. The Labute approximate surface area is 167 Å². The van der Waals surface area contributed by atoms with Gasteiger partial charge in [-0.2, -0.15) is 0 Å². The fourth-order valence-corrected chi connectivity index (χ4v) is 3.90. The Morgan fingerprint density at radius 1 is 1.36 bits per heavy atom. The van der Waals surface area contributed by atoms with Gasteiger partial charge in [-0.3, -0.25) is 5.32 Å². The van der Waals surface area contributed by atoms with Gasteiger partial charge in [-0.25, -0.2) is 14.0 Å². The van der Waals surface area contributed by atoms with Gasteiger partial charge in [-0.15, -0.1) is 11.3 Å². The second-order valence-corrected chi connectivity index (χ2v) is 9.50. The van der Waals surface area contributed by atoms with Gasteiger partial charge in [0, 0.05) is 24.0 Å². The predicted molar refractivity (Wildman–Crippen MR) is 109 cm³/mol. The Hall–Kier alpha value is -2.15. The van der Waals surface area contributed by atoms with Crippen molar-refractivity contribution in [1.29, 1.82) is 0 Å². The van der Waals surface area contributed by atoms with E-state index in [4.69, 9.17) is 20.6 Å². The van der Waals surface area contributed by atoms with E-state index in [0.717, 1.165) is 11.3 Å². The van der Waals surface area contributed by atoms with Gasteiger partial charge in [0.05, 0.1) is 11.3 Å². The van der Waals surface area contributed by atoms with Gasteiger partial charge in [-0.1, -0.05) is 19.9 Å². The van der Waals surface area contributed by atoms with Crippen LogP contribution in [0.3, 0.4) is 0 Å². The SMILES string of the molecule is [C-]#[N+]c1c(NC(=O)OC(C)(C)C)sc2c(F)ccc(B3OCC(C)(C)CO3)c12. The number of hydrogen-bond donors (Lipinski definition) is 1. The van der Waals surface area contributed by atoms with Gasteiger partial charge >= 0.3 is 13.2 Å². The fraction of sp³-hybridized carbons (Fsp3) is 0.474. The molecule has 1 aromatic heterocycles. The van der Waals surface area contributed by atoms with Gasteiger partial charge in [0.1, 0.15) is 16.4 Å². The third kappa shape index (κ3) is 4.30. The maximum Gasteiger partial charge on any atom is 0.493 e. The molecule has 1 N–H and O–H groups in total. The van der Waals surface area contributed by atoms with Crippen LogP contribution in [0.5, 0.6) is 0 Å². The summed E-state index contributed by atoms with van der Waals surface area (Å²) in [5, 5.41) is 3.21. The highest BCUT2D eigenvalue weighted by Gasteiger charge is 2.36. The lowest BCUT2D eigenvalue weighted by Gasteiger charge is -2.33. The first kappa shape index (κ1) is 20.6. The maximum atomic E-state index is 14.5. The molecule has 2 aromatic rings. The number of rotatable bonds is 2. The normalized spacial score (nSPS) is 16.7. The van der Waals surface area contributed by atoms with E-state index in [1.165, 1.54) is 6.07 Å². The molecule has 1 aliphatic heterocycles. The lowest BCUT2D eigenvalue weighted by atomic mass is 9.74. The number of nitrogens with one attached hydrogen (secondary N) is 1. The molecule has 6 nitrogen and oxygen atoms in total. The summed E-state index contributed by atoms with van der Waals surface area (Å²) in [4.78, 5) is 15.7. The second-order valence-electron chi connectivity index (χ2n) is 8.48. The lowest BCUT2D eigenvalue weighted by molar-refractivity contribution is 0.0344. The Balaban J connectivity index is 2.01. The number of amides is 1. The average Bonchev–Trinajstić information content (AvgIpc) is 2.93. The molecular formula is C19H22BFN2O4S. The van der Waals surface area contributed by atoms with E-state index < -0.39 is 24.6 Å². The molecule has 0 unspecified atom stereocenters. The molecule has 28 heavy (non-hydrogen) atoms. The summed E-state index contributed by atoms with van der Waals surface area (Å²) in [5.74, 6) is -0.470. The molecule has 0 radical (unpaired) electrons. The van der Waals surface area contributed by atoms with E-state index in [9.17, 15) is 9.18 Å². The molecule has 1 aliphatic rings. The molecule has 2 heterocycles. The first-order valence-corrected chi connectivity index (χ1v) is 9.68. The van der Waals surface area contributed by atoms with Crippen molar-refractivity contribution >= 4 is 50.8 Å². The van der Waals surface area contributed by atoms with Crippen LogP contribution >= 0.6 is 11.3 Å². The number of halogens is 1. The summed E-state index contributed by atoms with van der Waals surface area (Å²) in [6.45, 7) is 17.8. The van der Waals surface area contributed by atoms with Crippen LogP contribution in [0.1, 0.15) is 34.6 Å². The van der Waals surface area contributed by atoms with Crippen LogP contribution < -0.4 is 10.8 Å². The van der Waals surface area contributed by atoms with Gasteiger partial charge in [0.25, 0.3) is 0 Å². The van der Waals surface area contributed by atoms with Crippen molar-refractivity contribution in [3.63, 3.8) is 0 Å². The Morgan fingerprint density at radius 2 is 2.00 bits per heavy atom. The molecular weight excluding hydrogens is 382 g/mol. The first-order chi connectivity index (χ1) is 13.0. The number of anilines is 1. The third-order valence-electron chi connectivity index (χ3n) is 4.03. The van der Waals surface area contributed by atoms with Crippen LogP contribution in [0.4, 0.5) is 19.9 Å². The highest BCUT2D eigenvalue weighted by atomic mass is 32.1. The quantitative estimate of drug-likeness (QED) is 0.582. The standard InChI is InChI=1S/C19H22BFN2O4S/c1-18(2,3)27-17(24)23-16-14(22-6)13-11(7-8-12(21)15(13)28-16)20-25-9-19(4,5)10-26-20/h7-8H,9-10H2,1-5H3,(H,23,24). The monoisotopic (exact) mass is 404 g/mol. The van der Waals surface area contributed by atoms with Gasteiger partial charge in [0.15, 0.2) is 0 Å². The Morgan fingerprint density at radius 3 is 2.57 bits per heavy atom. The van der Waals surface area contributed by atoms with Crippen molar-refractivity contribution in [1.82, 2.24) is 0 Å². The number of nitrogens with zero attached hydrogens (tertiary/aromatic N) is 1. The minimum atomic E-state index is -0.696. The summed E-state index contributed by atoms with van der Waals surface area (Å²) in [5.41, 5.74) is -0.0775. The van der Waals surface area contributed by atoms with E-state index in [-0.39, 0.29) is 20.8 Å².